The first-order valence-electron chi connectivity index (χ1n) is 6.21. The van der Waals surface area contributed by atoms with Gasteiger partial charge in [0.1, 0.15) is 0 Å². The summed E-state index contributed by atoms with van der Waals surface area (Å²) in [5.74, 6) is 6.73. The third-order valence-electron chi connectivity index (χ3n) is 3.35. The van der Waals surface area contributed by atoms with Crippen LogP contribution < -0.4 is 11.1 Å². The Morgan fingerprint density at radius 1 is 1.27 bits per heavy atom. The standard InChI is InChI=1S/C13H24N2/c1-2-3-10-15-13(11-14)12-8-6-4-5-7-9-12/h12-13,15H,4-11,14H2,1H3. The Morgan fingerprint density at radius 3 is 2.47 bits per heavy atom. The lowest BCUT2D eigenvalue weighted by Gasteiger charge is -2.25. The Bertz CT molecular complexity index is 206. The van der Waals surface area contributed by atoms with Crippen LogP contribution in [0.15, 0.2) is 0 Å². The fourth-order valence-electron chi connectivity index (χ4n) is 2.43. The van der Waals surface area contributed by atoms with Crippen LogP contribution in [0.3, 0.4) is 0 Å². The van der Waals surface area contributed by atoms with Crippen LogP contribution in [0.2, 0.25) is 0 Å². The summed E-state index contributed by atoms with van der Waals surface area (Å²) in [5.41, 5.74) is 5.83. The minimum atomic E-state index is 0.476. The second-order valence-electron chi connectivity index (χ2n) is 4.40. The third kappa shape index (κ3) is 4.68. The highest BCUT2D eigenvalue weighted by Gasteiger charge is 2.20. The molecule has 0 aromatic carbocycles. The predicted octanol–water partition coefficient (Wildman–Crippen LogP) is 1.90. The zero-order valence-electron chi connectivity index (χ0n) is 9.89. The molecule has 3 N–H and O–H groups in total. The quantitative estimate of drug-likeness (QED) is 0.547. The fraction of sp³-hybridized carbons (Fsp3) is 0.846. The van der Waals surface area contributed by atoms with Gasteiger partial charge >= 0.3 is 0 Å². The van der Waals surface area contributed by atoms with E-state index in [1.165, 1.54) is 38.5 Å². The summed E-state index contributed by atoms with van der Waals surface area (Å²) in [7, 11) is 0. The molecule has 1 aliphatic rings. The molecular formula is C13H24N2. The molecular weight excluding hydrogens is 184 g/mol. The summed E-state index contributed by atoms with van der Waals surface area (Å²) >= 11 is 0. The van der Waals surface area contributed by atoms with Crippen LogP contribution in [0.25, 0.3) is 0 Å². The van der Waals surface area contributed by atoms with Gasteiger partial charge in [0, 0.05) is 12.6 Å². The molecule has 0 heterocycles. The van der Waals surface area contributed by atoms with Gasteiger partial charge in [0.05, 0.1) is 6.54 Å². The maximum Gasteiger partial charge on any atom is 0.0579 e. The molecule has 15 heavy (non-hydrogen) atoms. The number of nitrogens with two attached hydrogens (primary N) is 1. The molecule has 0 spiro atoms. The highest BCUT2D eigenvalue weighted by atomic mass is 14.9. The van der Waals surface area contributed by atoms with Crippen molar-refractivity contribution in [3.05, 3.63) is 0 Å². The van der Waals surface area contributed by atoms with Gasteiger partial charge in [-0.1, -0.05) is 31.6 Å². The number of hydrogen-bond acceptors (Lipinski definition) is 2. The van der Waals surface area contributed by atoms with E-state index >= 15 is 0 Å². The summed E-state index contributed by atoms with van der Waals surface area (Å²) in [5, 5.41) is 3.47. The third-order valence-corrected chi connectivity index (χ3v) is 3.35. The molecule has 1 aliphatic carbocycles. The van der Waals surface area contributed by atoms with Gasteiger partial charge in [0.15, 0.2) is 0 Å². The molecule has 1 fully saturated rings. The van der Waals surface area contributed by atoms with E-state index in [1.54, 1.807) is 0 Å². The Labute approximate surface area is 94.0 Å². The van der Waals surface area contributed by atoms with Crippen LogP contribution in [-0.4, -0.2) is 19.1 Å². The van der Waals surface area contributed by atoms with Crippen molar-refractivity contribution >= 4 is 0 Å². The van der Waals surface area contributed by atoms with Crippen LogP contribution in [0.1, 0.15) is 45.4 Å². The highest BCUT2D eigenvalue weighted by Crippen LogP contribution is 2.25. The molecule has 2 heteroatoms. The van der Waals surface area contributed by atoms with Gasteiger partial charge in [-0.25, -0.2) is 0 Å². The van der Waals surface area contributed by atoms with E-state index in [1.807, 2.05) is 6.92 Å². The predicted molar refractivity (Wildman–Crippen MR) is 65.5 cm³/mol. The lowest BCUT2D eigenvalue weighted by molar-refractivity contribution is 0.334. The minimum absolute atomic E-state index is 0.476. The Balaban J connectivity index is 2.35. The van der Waals surface area contributed by atoms with E-state index in [4.69, 9.17) is 5.73 Å². The van der Waals surface area contributed by atoms with Crippen LogP contribution in [0.4, 0.5) is 0 Å². The van der Waals surface area contributed by atoms with Crippen molar-refractivity contribution in [1.82, 2.24) is 5.32 Å². The molecule has 1 unspecified atom stereocenters. The topological polar surface area (TPSA) is 38.0 Å². The fourth-order valence-corrected chi connectivity index (χ4v) is 2.43. The zero-order chi connectivity index (χ0) is 10.9. The minimum Gasteiger partial charge on any atom is -0.329 e. The Kier molecular flexibility index (Phi) is 6.47. The zero-order valence-corrected chi connectivity index (χ0v) is 9.89. The van der Waals surface area contributed by atoms with E-state index in [9.17, 15) is 0 Å². The number of hydrogen-bond donors (Lipinski definition) is 2. The second-order valence-corrected chi connectivity index (χ2v) is 4.40. The van der Waals surface area contributed by atoms with E-state index < -0.39 is 0 Å². The lowest BCUT2D eigenvalue weighted by Crippen LogP contribution is -2.42. The average Bonchev–Trinajstić information content (AvgIpc) is 2.53. The van der Waals surface area contributed by atoms with Crippen LogP contribution >= 0.6 is 0 Å². The van der Waals surface area contributed by atoms with E-state index in [2.05, 4.69) is 17.2 Å². The normalized spacial score (nSPS) is 20.1. The molecule has 0 aromatic rings. The monoisotopic (exact) mass is 208 g/mol. The highest BCUT2D eigenvalue weighted by molar-refractivity contribution is 4.98. The molecule has 0 aliphatic heterocycles. The second kappa shape index (κ2) is 7.73. The molecule has 2 nitrogen and oxygen atoms in total. The maximum absolute atomic E-state index is 5.83. The molecule has 1 saturated carbocycles. The first-order chi connectivity index (χ1) is 7.38. The van der Waals surface area contributed by atoms with Gasteiger partial charge in [-0.05, 0) is 25.7 Å². The van der Waals surface area contributed by atoms with Crippen LogP contribution in [-0.2, 0) is 0 Å². The molecule has 0 bridgehead atoms. The summed E-state index contributed by atoms with van der Waals surface area (Å²) in [6, 6.07) is 0.476. The van der Waals surface area contributed by atoms with Gasteiger partial charge < -0.3 is 11.1 Å². The molecule has 1 rings (SSSR count). The molecule has 1 atom stereocenters. The summed E-state index contributed by atoms with van der Waals surface area (Å²) in [6.45, 7) is 3.41. The molecule has 0 amide bonds. The first-order valence-corrected chi connectivity index (χ1v) is 6.21. The lowest BCUT2D eigenvalue weighted by atomic mass is 9.92. The van der Waals surface area contributed by atoms with Crippen molar-refractivity contribution in [2.45, 2.75) is 51.5 Å². The molecule has 86 valence electrons. The molecule has 0 saturated heterocycles. The van der Waals surface area contributed by atoms with Crippen LogP contribution in [0, 0.1) is 17.8 Å². The van der Waals surface area contributed by atoms with Crippen molar-refractivity contribution < 1.29 is 0 Å². The van der Waals surface area contributed by atoms with Crippen molar-refractivity contribution in [3.63, 3.8) is 0 Å². The Hall–Kier alpha value is -0.520. The van der Waals surface area contributed by atoms with Crippen molar-refractivity contribution in [3.8, 4) is 11.8 Å². The Morgan fingerprint density at radius 2 is 1.93 bits per heavy atom. The SMILES string of the molecule is CC#CCNC(CN)C1CCCCCC1. The van der Waals surface area contributed by atoms with E-state index in [0.717, 1.165) is 19.0 Å². The summed E-state index contributed by atoms with van der Waals surface area (Å²) in [6.07, 6.45) is 8.25. The molecule has 0 aromatic heterocycles. The smallest absolute Gasteiger partial charge is 0.0579 e. The van der Waals surface area contributed by atoms with Crippen molar-refractivity contribution in [2.75, 3.05) is 13.1 Å². The van der Waals surface area contributed by atoms with E-state index in [0.29, 0.717) is 6.04 Å². The number of nitrogens with one attached hydrogen (secondary N) is 1. The van der Waals surface area contributed by atoms with Gasteiger partial charge in [-0.3, -0.25) is 0 Å². The van der Waals surface area contributed by atoms with E-state index in [-0.39, 0.29) is 0 Å². The number of rotatable bonds is 4. The average molecular weight is 208 g/mol. The van der Waals surface area contributed by atoms with Gasteiger partial charge in [0.25, 0.3) is 0 Å². The van der Waals surface area contributed by atoms with Crippen LogP contribution in [0.5, 0.6) is 0 Å². The molecule has 0 radical (unpaired) electrons. The largest absolute Gasteiger partial charge is 0.329 e. The van der Waals surface area contributed by atoms with Crippen molar-refractivity contribution in [2.24, 2.45) is 11.7 Å². The summed E-state index contributed by atoms with van der Waals surface area (Å²) in [4.78, 5) is 0. The van der Waals surface area contributed by atoms with Gasteiger partial charge in [-0.2, -0.15) is 0 Å². The van der Waals surface area contributed by atoms with Crippen molar-refractivity contribution in [1.29, 1.82) is 0 Å². The maximum atomic E-state index is 5.83. The summed E-state index contributed by atoms with van der Waals surface area (Å²) < 4.78 is 0. The van der Waals surface area contributed by atoms with Gasteiger partial charge in [-0.15, -0.1) is 5.92 Å². The van der Waals surface area contributed by atoms with Gasteiger partial charge in [0.2, 0.25) is 0 Å². The first kappa shape index (κ1) is 12.5.